The topological polar surface area (TPSA) is 17.8 Å². The number of pyridine rings is 1. The van der Waals surface area contributed by atoms with Crippen molar-refractivity contribution in [1.29, 1.82) is 0 Å². The highest BCUT2D eigenvalue weighted by atomic mass is 35.5. The third kappa shape index (κ3) is 3.98. The van der Waals surface area contributed by atoms with Crippen LogP contribution in [0.15, 0.2) is 134 Å². The summed E-state index contributed by atoms with van der Waals surface area (Å²) in [5.41, 5.74) is 7.90. The summed E-state index contributed by atoms with van der Waals surface area (Å²) >= 11 is 14.6. The number of halogens is 2. The smallest absolute Gasteiger partial charge is 0.124 e. The van der Waals surface area contributed by atoms with E-state index in [1.807, 2.05) is 24.4 Å². The van der Waals surface area contributed by atoms with Gasteiger partial charge in [-0.25, -0.2) is 4.98 Å². The molecule has 9 rings (SSSR count). The van der Waals surface area contributed by atoms with E-state index in [0.717, 1.165) is 32.7 Å². The molecule has 5 heteroatoms. The van der Waals surface area contributed by atoms with Crippen LogP contribution in [0.3, 0.4) is 0 Å². The molecule has 0 N–H and O–H groups in total. The van der Waals surface area contributed by atoms with Crippen LogP contribution in [0, 0.1) is 0 Å². The lowest BCUT2D eigenvalue weighted by atomic mass is 9.92. The molecule has 208 valence electrons. The largest absolute Gasteiger partial charge is 0.309 e. The van der Waals surface area contributed by atoms with Gasteiger partial charge in [0.2, 0.25) is 0 Å². The van der Waals surface area contributed by atoms with E-state index in [1.165, 1.54) is 48.1 Å². The zero-order chi connectivity index (χ0) is 29.4. The van der Waals surface area contributed by atoms with Gasteiger partial charge in [0, 0.05) is 48.2 Å². The van der Waals surface area contributed by atoms with Gasteiger partial charge < -0.3 is 4.57 Å². The van der Waals surface area contributed by atoms with Crippen molar-refractivity contribution >= 4 is 87.4 Å². The standard InChI is InChI=1S/C39H22Cl2N2S/c40-27-17-26(18-28(41)21-27)24-12-14-34-33(19-24)38-35(20-25-9-4-5-10-30(25)37(38)23-7-2-1-3-8-23)43(34)29-13-15-36-32(22-29)31-11-6-16-42-39(31)44-36/h1-22H. The number of hydrogen-bond acceptors (Lipinski definition) is 2. The number of hydrogen-bond donors (Lipinski definition) is 0. The first-order chi connectivity index (χ1) is 21.6. The Morgan fingerprint density at radius 1 is 0.545 bits per heavy atom. The summed E-state index contributed by atoms with van der Waals surface area (Å²) in [5, 5.41) is 8.48. The minimum absolute atomic E-state index is 0.622. The summed E-state index contributed by atoms with van der Waals surface area (Å²) in [7, 11) is 0. The number of nitrogens with zero attached hydrogens (tertiary/aromatic N) is 2. The van der Waals surface area contributed by atoms with Gasteiger partial charge in [-0.05, 0) is 99.8 Å². The van der Waals surface area contributed by atoms with Crippen molar-refractivity contribution in [2.24, 2.45) is 0 Å². The number of benzene rings is 6. The predicted molar refractivity (Wildman–Crippen MR) is 190 cm³/mol. The highest BCUT2D eigenvalue weighted by Crippen LogP contribution is 2.45. The Bertz CT molecular complexity index is 2560. The molecule has 0 unspecified atom stereocenters. The molecule has 3 aromatic heterocycles. The molecule has 6 aromatic carbocycles. The molecule has 0 amide bonds. The number of thiophene rings is 1. The van der Waals surface area contributed by atoms with E-state index < -0.39 is 0 Å². The van der Waals surface area contributed by atoms with E-state index in [-0.39, 0.29) is 0 Å². The summed E-state index contributed by atoms with van der Waals surface area (Å²) < 4.78 is 3.65. The van der Waals surface area contributed by atoms with Gasteiger partial charge in [0.05, 0.1) is 11.0 Å². The molecule has 2 nitrogen and oxygen atoms in total. The highest BCUT2D eigenvalue weighted by Gasteiger charge is 2.20. The van der Waals surface area contributed by atoms with Gasteiger partial charge in [-0.15, -0.1) is 11.3 Å². The van der Waals surface area contributed by atoms with E-state index in [4.69, 9.17) is 23.2 Å². The van der Waals surface area contributed by atoms with Gasteiger partial charge in [-0.1, -0.05) is 83.9 Å². The van der Waals surface area contributed by atoms with Gasteiger partial charge in [-0.3, -0.25) is 0 Å². The molecule has 44 heavy (non-hydrogen) atoms. The Hall–Kier alpha value is -4.67. The second kappa shape index (κ2) is 9.93. The molecule has 0 saturated heterocycles. The molecule has 0 aliphatic carbocycles. The lowest BCUT2D eigenvalue weighted by Gasteiger charge is -2.12. The Labute approximate surface area is 267 Å². The van der Waals surface area contributed by atoms with Crippen LogP contribution in [0.1, 0.15) is 0 Å². The Morgan fingerprint density at radius 2 is 1.34 bits per heavy atom. The molecule has 9 aromatic rings. The third-order valence-electron chi connectivity index (χ3n) is 8.52. The highest BCUT2D eigenvalue weighted by molar-refractivity contribution is 7.25. The Morgan fingerprint density at radius 3 is 2.20 bits per heavy atom. The van der Waals surface area contributed by atoms with Crippen LogP contribution >= 0.6 is 34.5 Å². The van der Waals surface area contributed by atoms with E-state index in [2.05, 4.69) is 113 Å². The molecular formula is C39H22Cl2N2S. The average Bonchev–Trinajstić information content (AvgIpc) is 3.58. The van der Waals surface area contributed by atoms with Gasteiger partial charge >= 0.3 is 0 Å². The quantitative estimate of drug-likeness (QED) is 0.192. The van der Waals surface area contributed by atoms with Crippen LogP contribution in [-0.2, 0) is 0 Å². The van der Waals surface area contributed by atoms with Crippen molar-refractivity contribution < 1.29 is 0 Å². The maximum absolute atomic E-state index is 6.46. The van der Waals surface area contributed by atoms with Crippen molar-refractivity contribution in [3.8, 4) is 27.9 Å². The van der Waals surface area contributed by atoms with Crippen molar-refractivity contribution in [1.82, 2.24) is 9.55 Å². The van der Waals surface area contributed by atoms with Crippen LogP contribution in [0.4, 0.5) is 0 Å². The van der Waals surface area contributed by atoms with Crippen molar-refractivity contribution in [2.75, 3.05) is 0 Å². The first-order valence-electron chi connectivity index (χ1n) is 14.4. The minimum atomic E-state index is 0.622. The predicted octanol–water partition coefficient (Wildman–Crippen LogP) is 12.3. The van der Waals surface area contributed by atoms with E-state index in [9.17, 15) is 0 Å². The molecule has 0 bridgehead atoms. The van der Waals surface area contributed by atoms with Crippen LogP contribution in [0.2, 0.25) is 10.0 Å². The zero-order valence-electron chi connectivity index (χ0n) is 23.3. The Balaban J connectivity index is 1.45. The van der Waals surface area contributed by atoms with Gasteiger partial charge in [0.1, 0.15) is 4.83 Å². The first-order valence-corrected chi connectivity index (χ1v) is 16.0. The SMILES string of the molecule is Clc1cc(Cl)cc(-c2ccc3c(c2)c2c(-c4ccccc4)c4ccccc4cc2n3-c2ccc3sc4ncccc4c3c2)c1. The summed E-state index contributed by atoms with van der Waals surface area (Å²) in [6.07, 6.45) is 1.87. The summed E-state index contributed by atoms with van der Waals surface area (Å²) in [5.74, 6) is 0. The van der Waals surface area contributed by atoms with Gasteiger partial charge in [-0.2, -0.15) is 0 Å². The summed E-state index contributed by atoms with van der Waals surface area (Å²) in [4.78, 5) is 5.69. The van der Waals surface area contributed by atoms with Crippen molar-refractivity contribution in [3.05, 3.63) is 144 Å². The minimum Gasteiger partial charge on any atom is -0.309 e. The van der Waals surface area contributed by atoms with Gasteiger partial charge in [0.15, 0.2) is 0 Å². The lowest BCUT2D eigenvalue weighted by molar-refractivity contribution is 1.19. The normalized spacial score (nSPS) is 11.9. The molecule has 0 atom stereocenters. The van der Waals surface area contributed by atoms with Crippen LogP contribution in [-0.4, -0.2) is 9.55 Å². The van der Waals surface area contributed by atoms with Crippen molar-refractivity contribution in [2.45, 2.75) is 0 Å². The molecule has 0 aliphatic rings. The maximum Gasteiger partial charge on any atom is 0.124 e. The molecule has 0 aliphatic heterocycles. The molecule has 0 spiro atoms. The molecular weight excluding hydrogens is 599 g/mol. The van der Waals surface area contributed by atoms with Crippen LogP contribution in [0.5, 0.6) is 0 Å². The fourth-order valence-corrected chi connectivity index (χ4v) is 8.21. The second-order valence-corrected chi connectivity index (χ2v) is 13.0. The third-order valence-corrected chi connectivity index (χ3v) is 10.1. The van der Waals surface area contributed by atoms with Crippen LogP contribution in [0.25, 0.3) is 80.8 Å². The number of aromatic nitrogens is 2. The average molecular weight is 622 g/mol. The molecule has 0 fully saturated rings. The van der Waals surface area contributed by atoms with Gasteiger partial charge in [0.25, 0.3) is 0 Å². The monoisotopic (exact) mass is 620 g/mol. The lowest BCUT2D eigenvalue weighted by Crippen LogP contribution is -1.94. The second-order valence-electron chi connectivity index (χ2n) is 11.1. The van der Waals surface area contributed by atoms with E-state index in [1.54, 1.807) is 17.4 Å². The molecule has 0 saturated carbocycles. The van der Waals surface area contributed by atoms with E-state index in [0.29, 0.717) is 10.0 Å². The van der Waals surface area contributed by atoms with Crippen LogP contribution < -0.4 is 0 Å². The first kappa shape index (κ1) is 25.8. The molecule has 3 heterocycles. The summed E-state index contributed by atoms with van der Waals surface area (Å²) in [6, 6.07) is 45.1. The zero-order valence-corrected chi connectivity index (χ0v) is 25.6. The van der Waals surface area contributed by atoms with Crippen molar-refractivity contribution in [3.63, 3.8) is 0 Å². The fourth-order valence-electron chi connectivity index (χ4n) is 6.66. The number of rotatable bonds is 3. The fraction of sp³-hybridized carbons (Fsp3) is 0. The molecule has 0 radical (unpaired) electrons. The maximum atomic E-state index is 6.46. The Kier molecular flexibility index (Phi) is 5.82. The summed E-state index contributed by atoms with van der Waals surface area (Å²) in [6.45, 7) is 0. The van der Waals surface area contributed by atoms with E-state index >= 15 is 0 Å². The number of fused-ring (bicyclic) bond motifs is 7.